The standard InChI is InChI=1S/C15H17NO3/c1-11-13(15(17)18)10-14(16(11)8-9-19-2)12-6-4-3-5-7-12/h3-7,10H,8-9H2,1-2H3,(H,17,18)/p-1. The molecule has 0 aliphatic heterocycles. The van der Waals surface area contributed by atoms with E-state index in [0.717, 1.165) is 11.3 Å². The molecule has 4 nitrogen and oxygen atoms in total. The third-order valence-electron chi connectivity index (χ3n) is 3.18. The molecule has 0 atom stereocenters. The summed E-state index contributed by atoms with van der Waals surface area (Å²) in [6.45, 7) is 2.93. The largest absolute Gasteiger partial charge is 0.545 e. The zero-order valence-corrected chi connectivity index (χ0v) is 11.1. The van der Waals surface area contributed by atoms with E-state index in [1.54, 1.807) is 20.1 Å². The van der Waals surface area contributed by atoms with Gasteiger partial charge in [-0.05, 0) is 18.6 Å². The molecule has 0 radical (unpaired) electrons. The molecule has 0 fully saturated rings. The Balaban J connectivity index is 2.52. The monoisotopic (exact) mass is 258 g/mol. The summed E-state index contributed by atoms with van der Waals surface area (Å²) in [5.41, 5.74) is 2.77. The molecule has 0 amide bonds. The molecule has 0 saturated carbocycles. The van der Waals surface area contributed by atoms with E-state index in [1.165, 1.54) is 0 Å². The lowest BCUT2D eigenvalue weighted by Crippen LogP contribution is -2.23. The van der Waals surface area contributed by atoms with E-state index in [2.05, 4.69) is 0 Å². The van der Waals surface area contributed by atoms with E-state index in [1.807, 2.05) is 34.9 Å². The first-order valence-electron chi connectivity index (χ1n) is 6.11. The maximum absolute atomic E-state index is 11.1. The smallest absolute Gasteiger partial charge is 0.0733 e. The van der Waals surface area contributed by atoms with Crippen molar-refractivity contribution >= 4 is 5.97 Å². The van der Waals surface area contributed by atoms with Crippen molar-refractivity contribution in [1.29, 1.82) is 0 Å². The Morgan fingerprint density at radius 1 is 1.32 bits per heavy atom. The van der Waals surface area contributed by atoms with Gasteiger partial charge in [0.2, 0.25) is 0 Å². The molecule has 0 bridgehead atoms. The molecule has 0 unspecified atom stereocenters. The van der Waals surface area contributed by atoms with Gasteiger partial charge < -0.3 is 19.2 Å². The van der Waals surface area contributed by atoms with Gasteiger partial charge in [-0.2, -0.15) is 0 Å². The molecule has 4 heteroatoms. The summed E-state index contributed by atoms with van der Waals surface area (Å²) in [5.74, 6) is -1.15. The van der Waals surface area contributed by atoms with Gasteiger partial charge >= 0.3 is 0 Å². The summed E-state index contributed by atoms with van der Waals surface area (Å²) < 4.78 is 7.03. The van der Waals surface area contributed by atoms with Crippen molar-refractivity contribution < 1.29 is 14.6 Å². The number of aromatic carboxylic acids is 1. The molecule has 19 heavy (non-hydrogen) atoms. The van der Waals surface area contributed by atoms with Crippen LogP contribution in [0.4, 0.5) is 0 Å². The average Bonchev–Trinajstić information content (AvgIpc) is 2.75. The highest BCUT2D eigenvalue weighted by molar-refractivity contribution is 5.89. The second-order valence-electron chi connectivity index (χ2n) is 4.33. The number of carbonyl (C=O) groups excluding carboxylic acids is 1. The third-order valence-corrected chi connectivity index (χ3v) is 3.18. The summed E-state index contributed by atoms with van der Waals surface area (Å²) in [5, 5.41) is 11.1. The average molecular weight is 258 g/mol. The Bertz CT molecular complexity index is 573. The summed E-state index contributed by atoms with van der Waals surface area (Å²) in [6.07, 6.45) is 0. The van der Waals surface area contributed by atoms with Crippen molar-refractivity contribution in [2.75, 3.05) is 13.7 Å². The van der Waals surface area contributed by atoms with Crippen LogP contribution in [0.2, 0.25) is 0 Å². The van der Waals surface area contributed by atoms with Crippen LogP contribution < -0.4 is 5.11 Å². The fraction of sp³-hybridized carbons (Fsp3) is 0.267. The quantitative estimate of drug-likeness (QED) is 0.816. The molecular weight excluding hydrogens is 242 g/mol. The van der Waals surface area contributed by atoms with Crippen molar-refractivity contribution in [3.63, 3.8) is 0 Å². The van der Waals surface area contributed by atoms with Crippen LogP contribution in [0.15, 0.2) is 36.4 Å². The first-order valence-corrected chi connectivity index (χ1v) is 6.11. The fourth-order valence-electron chi connectivity index (χ4n) is 2.17. The molecule has 1 heterocycles. The predicted octanol–water partition coefficient (Wildman–Crippen LogP) is 1.47. The summed E-state index contributed by atoms with van der Waals surface area (Å²) in [7, 11) is 1.63. The van der Waals surface area contributed by atoms with Crippen LogP contribution in [0, 0.1) is 6.92 Å². The van der Waals surface area contributed by atoms with Gasteiger partial charge in [0.1, 0.15) is 0 Å². The lowest BCUT2D eigenvalue weighted by atomic mass is 10.1. The van der Waals surface area contributed by atoms with Gasteiger partial charge in [0, 0.05) is 30.6 Å². The van der Waals surface area contributed by atoms with Crippen LogP contribution in [0.3, 0.4) is 0 Å². The van der Waals surface area contributed by atoms with Crippen LogP contribution in [-0.2, 0) is 11.3 Å². The number of carboxylic acids is 1. The number of ether oxygens (including phenoxy) is 1. The van der Waals surface area contributed by atoms with Gasteiger partial charge in [0.05, 0.1) is 12.6 Å². The Kier molecular flexibility index (Phi) is 4.02. The maximum atomic E-state index is 11.1. The molecule has 1 aromatic heterocycles. The zero-order chi connectivity index (χ0) is 13.8. The molecule has 0 aliphatic rings. The lowest BCUT2D eigenvalue weighted by Gasteiger charge is -2.11. The molecule has 0 N–H and O–H groups in total. The van der Waals surface area contributed by atoms with Crippen LogP contribution in [0.25, 0.3) is 11.3 Å². The highest BCUT2D eigenvalue weighted by atomic mass is 16.5. The van der Waals surface area contributed by atoms with E-state index in [-0.39, 0.29) is 5.56 Å². The van der Waals surface area contributed by atoms with E-state index in [4.69, 9.17) is 4.74 Å². The summed E-state index contributed by atoms with van der Waals surface area (Å²) in [6, 6.07) is 11.4. The SMILES string of the molecule is COCCn1c(-c2ccccc2)cc(C(=O)[O-])c1C. The number of hydrogen-bond acceptors (Lipinski definition) is 3. The minimum absolute atomic E-state index is 0.231. The molecule has 0 spiro atoms. The van der Waals surface area contributed by atoms with E-state index < -0.39 is 5.97 Å². The second-order valence-corrected chi connectivity index (χ2v) is 4.33. The molecule has 2 aromatic rings. The fourth-order valence-corrected chi connectivity index (χ4v) is 2.17. The van der Waals surface area contributed by atoms with E-state index in [0.29, 0.717) is 18.8 Å². The maximum Gasteiger partial charge on any atom is 0.0733 e. The number of benzene rings is 1. The number of nitrogens with zero attached hydrogens (tertiary/aromatic N) is 1. The lowest BCUT2D eigenvalue weighted by molar-refractivity contribution is -0.255. The van der Waals surface area contributed by atoms with Gasteiger partial charge in [-0.25, -0.2) is 0 Å². The van der Waals surface area contributed by atoms with Gasteiger partial charge in [-0.1, -0.05) is 30.3 Å². The minimum Gasteiger partial charge on any atom is -0.545 e. The second kappa shape index (κ2) is 5.71. The zero-order valence-electron chi connectivity index (χ0n) is 11.1. The summed E-state index contributed by atoms with van der Waals surface area (Å²) in [4.78, 5) is 11.1. The minimum atomic E-state index is -1.15. The van der Waals surface area contributed by atoms with Gasteiger partial charge in [-0.3, -0.25) is 0 Å². The number of hydrogen-bond donors (Lipinski definition) is 0. The molecule has 0 aliphatic carbocycles. The van der Waals surface area contributed by atoms with Gasteiger partial charge in [-0.15, -0.1) is 0 Å². The van der Waals surface area contributed by atoms with Crippen molar-refractivity contribution in [3.8, 4) is 11.3 Å². The van der Waals surface area contributed by atoms with Gasteiger partial charge in [0.15, 0.2) is 0 Å². The number of rotatable bonds is 5. The molecule has 0 saturated heterocycles. The van der Waals surface area contributed by atoms with Gasteiger partial charge in [0.25, 0.3) is 0 Å². The van der Waals surface area contributed by atoms with Crippen LogP contribution >= 0.6 is 0 Å². The predicted molar refractivity (Wildman–Crippen MR) is 70.8 cm³/mol. The third kappa shape index (κ3) is 2.69. The van der Waals surface area contributed by atoms with E-state index >= 15 is 0 Å². The Morgan fingerprint density at radius 3 is 2.58 bits per heavy atom. The van der Waals surface area contributed by atoms with Crippen molar-refractivity contribution in [1.82, 2.24) is 4.57 Å². The molecule has 1 aromatic carbocycles. The Morgan fingerprint density at radius 2 is 2.00 bits per heavy atom. The molecule has 100 valence electrons. The Labute approximate surface area is 112 Å². The van der Waals surface area contributed by atoms with E-state index in [9.17, 15) is 9.90 Å². The number of carboxylic acid groups (broad SMARTS) is 1. The highest BCUT2D eigenvalue weighted by Crippen LogP contribution is 2.25. The number of methoxy groups -OCH3 is 1. The van der Waals surface area contributed by atoms with Crippen molar-refractivity contribution in [2.24, 2.45) is 0 Å². The molecular formula is C15H16NO3-. The van der Waals surface area contributed by atoms with Crippen molar-refractivity contribution in [2.45, 2.75) is 13.5 Å². The first-order chi connectivity index (χ1) is 9.15. The normalized spacial score (nSPS) is 10.6. The first kappa shape index (κ1) is 13.4. The van der Waals surface area contributed by atoms with Crippen LogP contribution in [-0.4, -0.2) is 24.3 Å². The topological polar surface area (TPSA) is 54.3 Å². The summed E-state index contributed by atoms with van der Waals surface area (Å²) >= 11 is 0. The number of aromatic nitrogens is 1. The van der Waals surface area contributed by atoms with Crippen LogP contribution in [0.1, 0.15) is 16.1 Å². The Hall–Kier alpha value is -2.07. The van der Waals surface area contributed by atoms with Crippen molar-refractivity contribution in [3.05, 3.63) is 47.7 Å². The highest BCUT2D eigenvalue weighted by Gasteiger charge is 2.13. The van der Waals surface area contributed by atoms with Crippen LogP contribution in [0.5, 0.6) is 0 Å². The molecule has 2 rings (SSSR count). The number of carbonyl (C=O) groups is 1.